The van der Waals surface area contributed by atoms with Crippen molar-refractivity contribution in [2.24, 2.45) is 16.6 Å². The summed E-state index contributed by atoms with van der Waals surface area (Å²) in [5, 5.41) is 3.75. The maximum atomic E-state index is 15.0. The number of amidine groups is 1. The Labute approximate surface area is 244 Å². The predicted molar refractivity (Wildman–Crippen MR) is 164 cm³/mol. The number of hydrogen-bond donors (Lipinski definition) is 2. The number of aromatic nitrogens is 3. The van der Waals surface area contributed by atoms with E-state index in [2.05, 4.69) is 34.0 Å². The van der Waals surface area contributed by atoms with Crippen LogP contribution in [-0.2, 0) is 0 Å². The first kappa shape index (κ1) is 29.3. The standard InChI is InChI=1S/C32H37F2N7O/c1-4-40(5-2)17-7-16-36-32-38-28(24-18-22(13-10-20(24)3)30(35)37-19-21-11-12-21)23-14-15-27(42)41(31(23)39-32)29-25(33)8-6-9-26(29)34/h6,8-10,13-15,18,21H,4-5,7,11-12,16-17,19H2,1-3H3,(H2,35,37)(H,36,38,39). The van der Waals surface area contributed by atoms with Crippen molar-refractivity contribution in [3.8, 4) is 16.9 Å². The van der Waals surface area contributed by atoms with Crippen LogP contribution < -0.4 is 16.6 Å². The summed E-state index contributed by atoms with van der Waals surface area (Å²) in [7, 11) is 0. The Bertz CT molecular complexity index is 1660. The van der Waals surface area contributed by atoms with E-state index in [1.165, 1.54) is 25.0 Å². The average molecular weight is 574 g/mol. The highest BCUT2D eigenvalue weighted by Crippen LogP contribution is 2.32. The van der Waals surface area contributed by atoms with Crippen molar-refractivity contribution in [3.63, 3.8) is 0 Å². The van der Waals surface area contributed by atoms with Gasteiger partial charge in [0.05, 0.1) is 5.69 Å². The fourth-order valence-corrected chi connectivity index (χ4v) is 5.02. The second kappa shape index (κ2) is 12.8. The molecule has 8 nitrogen and oxygen atoms in total. The number of para-hydroxylation sites is 1. The first-order valence-corrected chi connectivity index (χ1v) is 14.6. The van der Waals surface area contributed by atoms with E-state index in [1.54, 1.807) is 6.07 Å². The number of benzene rings is 2. The quantitative estimate of drug-likeness (QED) is 0.136. The van der Waals surface area contributed by atoms with Gasteiger partial charge in [-0.25, -0.2) is 13.8 Å². The topological polar surface area (TPSA) is 101 Å². The Morgan fingerprint density at radius 3 is 2.52 bits per heavy atom. The molecule has 4 aromatic rings. The SMILES string of the molecule is CCN(CC)CCCNc1nc(-c2cc(C(N)=NCC3CC3)ccc2C)c2ccc(=O)n(-c3c(F)cccc3F)c2n1. The molecule has 0 bridgehead atoms. The molecule has 0 atom stereocenters. The van der Waals surface area contributed by atoms with Crippen LogP contribution in [0.25, 0.3) is 28.0 Å². The van der Waals surface area contributed by atoms with E-state index in [-0.39, 0.29) is 11.6 Å². The van der Waals surface area contributed by atoms with Crippen LogP contribution in [0.1, 0.15) is 44.2 Å². The van der Waals surface area contributed by atoms with Crippen molar-refractivity contribution in [1.29, 1.82) is 0 Å². The Balaban J connectivity index is 1.65. The van der Waals surface area contributed by atoms with E-state index in [4.69, 9.17) is 10.7 Å². The molecule has 1 saturated carbocycles. The van der Waals surface area contributed by atoms with Crippen LogP contribution in [0.15, 0.2) is 58.3 Å². The molecular weight excluding hydrogens is 536 g/mol. The molecule has 2 aromatic heterocycles. The summed E-state index contributed by atoms with van der Waals surface area (Å²) in [6.45, 7) is 10.3. The van der Waals surface area contributed by atoms with Crippen molar-refractivity contribution >= 4 is 22.8 Å². The Hall–Kier alpha value is -4.18. The van der Waals surface area contributed by atoms with E-state index < -0.39 is 22.9 Å². The van der Waals surface area contributed by atoms with Gasteiger partial charge in [0, 0.05) is 35.7 Å². The summed E-state index contributed by atoms with van der Waals surface area (Å²) in [4.78, 5) is 29.5. The van der Waals surface area contributed by atoms with Gasteiger partial charge in [-0.3, -0.25) is 14.4 Å². The summed E-state index contributed by atoms with van der Waals surface area (Å²) >= 11 is 0. The largest absolute Gasteiger partial charge is 0.384 e. The Morgan fingerprint density at radius 1 is 1.10 bits per heavy atom. The molecule has 0 saturated heterocycles. The van der Waals surface area contributed by atoms with Crippen LogP contribution in [0.2, 0.25) is 0 Å². The molecule has 5 rings (SSSR count). The maximum Gasteiger partial charge on any atom is 0.256 e. The van der Waals surface area contributed by atoms with Crippen LogP contribution in [0.5, 0.6) is 0 Å². The molecule has 220 valence electrons. The first-order valence-electron chi connectivity index (χ1n) is 14.6. The van der Waals surface area contributed by atoms with E-state index in [0.29, 0.717) is 35.9 Å². The van der Waals surface area contributed by atoms with Crippen LogP contribution in [-0.4, -0.2) is 58.0 Å². The highest BCUT2D eigenvalue weighted by atomic mass is 19.1. The van der Waals surface area contributed by atoms with E-state index >= 15 is 8.78 Å². The van der Waals surface area contributed by atoms with Crippen molar-refractivity contribution in [1.82, 2.24) is 19.4 Å². The van der Waals surface area contributed by atoms with E-state index in [1.807, 2.05) is 25.1 Å². The third-order valence-corrected chi connectivity index (χ3v) is 7.75. The van der Waals surface area contributed by atoms with E-state index in [0.717, 1.165) is 59.4 Å². The molecule has 0 radical (unpaired) electrons. The molecule has 1 aliphatic carbocycles. The molecule has 1 aliphatic rings. The van der Waals surface area contributed by atoms with Gasteiger partial charge in [0.1, 0.15) is 23.2 Å². The second-order valence-electron chi connectivity index (χ2n) is 10.7. The van der Waals surface area contributed by atoms with Crippen molar-refractivity contribution in [2.75, 3.05) is 38.0 Å². The average Bonchev–Trinajstić information content (AvgIpc) is 3.81. The van der Waals surface area contributed by atoms with Crippen molar-refractivity contribution in [2.45, 2.75) is 40.0 Å². The number of fused-ring (bicyclic) bond motifs is 1. The Morgan fingerprint density at radius 2 is 1.83 bits per heavy atom. The van der Waals surface area contributed by atoms with Gasteiger partial charge in [-0.05, 0) is 81.6 Å². The minimum atomic E-state index is -0.865. The third kappa shape index (κ3) is 6.33. The van der Waals surface area contributed by atoms with Gasteiger partial charge in [-0.15, -0.1) is 0 Å². The molecule has 42 heavy (non-hydrogen) atoms. The molecule has 0 unspecified atom stereocenters. The minimum Gasteiger partial charge on any atom is -0.384 e. The van der Waals surface area contributed by atoms with E-state index in [9.17, 15) is 4.79 Å². The van der Waals surface area contributed by atoms with Gasteiger partial charge in [-0.1, -0.05) is 32.0 Å². The molecule has 3 N–H and O–H groups in total. The second-order valence-corrected chi connectivity index (χ2v) is 10.7. The number of hydrogen-bond acceptors (Lipinski definition) is 6. The summed E-state index contributed by atoms with van der Waals surface area (Å²) < 4.78 is 31.0. The smallest absolute Gasteiger partial charge is 0.256 e. The third-order valence-electron chi connectivity index (χ3n) is 7.75. The lowest BCUT2D eigenvalue weighted by molar-refractivity contribution is 0.303. The lowest BCUT2D eigenvalue weighted by Crippen LogP contribution is -2.25. The first-order chi connectivity index (χ1) is 20.3. The van der Waals surface area contributed by atoms with Crippen LogP contribution in [0, 0.1) is 24.5 Å². The molecule has 2 heterocycles. The van der Waals surface area contributed by atoms with Crippen LogP contribution >= 0.6 is 0 Å². The van der Waals surface area contributed by atoms with Crippen molar-refractivity contribution in [3.05, 3.63) is 81.6 Å². The fraction of sp³-hybridized carbons (Fsp3) is 0.375. The number of rotatable bonds is 12. The number of nitrogens with zero attached hydrogens (tertiary/aromatic N) is 5. The lowest BCUT2D eigenvalue weighted by Gasteiger charge is -2.18. The number of pyridine rings is 1. The minimum absolute atomic E-state index is 0.0999. The van der Waals surface area contributed by atoms with Gasteiger partial charge in [0.2, 0.25) is 5.95 Å². The number of nitrogens with one attached hydrogen (secondary N) is 1. The predicted octanol–water partition coefficient (Wildman–Crippen LogP) is 5.29. The van der Waals surface area contributed by atoms with Gasteiger partial charge in [0.15, 0.2) is 5.65 Å². The van der Waals surface area contributed by atoms with Crippen molar-refractivity contribution < 1.29 is 8.78 Å². The molecular formula is C32H37F2N7O. The summed E-state index contributed by atoms with van der Waals surface area (Å²) in [6, 6.07) is 12.2. The van der Waals surface area contributed by atoms with Gasteiger partial charge < -0.3 is 16.0 Å². The molecule has 2 aromatic carbocycles. The number of anilines is 1. The molecule has 1 fully saturated rings. The maximum absolute atomic E-state index is 15.0. The molecule has 10 heteroatoms. The highest BCUT2D eigenvalue weighted by Gasteiger charge is 2.22. The Kier molecular flexibility index (Phi) is 8.91. The molecule has 0 aliphatic heterocycles. The number of aliphatic imine (C=N–C) groups is 1. The van der Waals surface area contributed by atoms with Crippen LogP contribution in [0.3, 0.4) is 0 Å². The number of halogens is 2. The zero-order valence-corrected chi connectivity index (χ0v) is 24.3. The summed E-state index contributed by atoms with van der Waals surface area (Å²) in [5.74, 6) is -0.423. The summed E-state index contributed by atoms with van der Waals surface area (Å²) in [5.41, 5.74) is 8.33. The summed E-state index contributed by atoms with van der Waals surface area (Å²) in [6.07, 6.45) is 3.19. The van der Waals surface area contributed by atoms with Crippen LogP contribution in [0.4, 0.5) is 14.7 Å². The number of aryl methyl sites for hydroxylation is 1. The number of nitrogens with two attached hydrogens (primary N) is 1. The molecule has 0 spiro atoms. The highest BCUT2D eigenvalue weighted by molar-refractivity contribution is 6.00. The van der Waals surface area contributed by atoms with Gasteiger partial charge in [-0.2, -0.15) is 4.98 Å². The van der Waals surface area contributed by atoms with Gasteiger partial charge in [0.25, 0.3) is 5.56 Å². The monoisotopic (exact) mass is 573 g/mol. The van der Waals surface area contributed by atoms with Gasteiger partial charge >= 0.3 is 0 Å². The zero-order chi connectivity index (χ0) is 29.8. The fourth-order valence-electron chi connectivity index (χ4n) is 5.02. The lowest BCUT2D eigenvalue weighted by atomic mass is 9.99. The molecule has 0 amide bonds. The normalized spacial score (nSPS) is 13.7. The zero-order valence-electron chi connectivity index (χ0n) is 24.3.